The summed E-state index contributed by atoms with van der Waals surface area (Å²) in [7, 11) is 3.81. The molecule has 0 radical (unpaired) electrons. The predicted octanol–water partition coefficient (Wildman–Crippen LogP) is 1.54. The van der Waals surface area contributed by atoms with Crippen molar-refractivity contribution in [3.8, 4) is 5.88 Å². The number of aromatic nitrogens is 3. The minimum Gasteiger partial charge on any atom is -0.471 e. The van der Waals surface area contributed by atoms with Gasteiger partial charge in [0.15, 0.2) is 5.82 Å². The fraction of sp³-hybridized carbons (Fsp3) is 0.412. The Labute approximate surface area is 141 Å². The van der Waals surface area contributed by atoms with Gasteiger partial charge in [-0.2, -0.15) is 4.98 Å². The maximum absolute atomic E-state index is 12.6. The van der Waals surface area contributed by atoms with Crippen molar-refractivity contribution in [1.29, 1.82) is 0 Å². The van der Waals surface area contributed by atoms with E-state index < -0.39 is 0 Å². The molecule has 1 saturated heterocycles. The highest BCUT2D eigenvalue weighted by molar-refractivity contribution is 5.95. The first-order chi connectivity index (χ1) is 11.5. The first kappa shape index (κ1) is 16.2. The van der Waals surface area contributed by atoms with E-state index in [2.05, 4.69) is 15.0 Å². The first-order valence-electron chi connectivity index (χ1n) is 7.91. The fourth-order valence-corrected chi connectivity index (χ4v) is 2.67. The zero-order chi connectivity index (χ0) is 17.1. The van der Waals surface area contributed by atoms with E-state index in [0.29, 0.717) is 24.5 Å². The summed E-state index contributed by atoms with van der Waals surface area (Å²) in [5, 5.41) is 0. The minimum absolute atomic E-state index is 0.000161. The summed E-state index contributed by atoms with van der Waals surface area (Å²) in [5.41, 5.74) is 1.39. The molecule has 1 aliphatic rings. The number of hydrogen-bond donors (Lipinski definition) is 0. The normalized spacial score (nSPS) is 17.0. The number of nitrogens with zero attached hydrogens (tertiary/aromatic N) is 5. The minimum atomic E-state index is -0.0716. The number of pyridine rings is 1. The lowest BCUT2D eigenvalue weighted by Crippen LogP contribution is -2.31. The van der Waals surface area contributed by atoms with E-state index in [1.807, 2.05) is 32.0 Å². The van der Waals surface area contributed by atoms with Crippen LogP contribution < -0.4 is 9.64 Å². The van der Waals surface area contributed by atoms with Crippen molar-refractivity contribution in [2.75, 3.05) is 32.1 Å². The molecule has 1 amide bonds. The Morgan fingerprint density at radius 3 is 2.96 bits per heavy atom. The molecule has 0 aliphatic carbocycles. The number of ether oxygens (including phenoxy) is 1. The largest absolute Gasteiger partial charge is 0.471 e. The van der Waals surface area contributed by atoms with Crippen molar-refractivity contribution in [2.45, 2.75) is 19.4 Å². The molecule has 3 rings (SSSR count). The highest BCUT2D eigenvalue weighted by Crippen LogP contribution is 2.20. The molecule has 0 spiro atoms. The van der Waals surface area contributed by atoms with Gasteiger partial charge in [-0.25, -0.2) is 0 Å². The van der Waals surface area contributed by atoms with Crippen LogP contribution in [0.5, 0.6) is 5.88 Å². The highest BCUT2D eigenvalue weighted by atomic mass is 16.5. The van der Waals surface area contributed by atoms with Crippen molar-refractivity contribution < 1.29 is 9.53 Å². The van der Waals surface area contributed by atoms with E-state index in [1.165, 1.54) is 0 Å². The average molecular weight is 327 g/mol. The van der Waals surface area contributed by atoms with E-state index in [-0.39, 0.29) is 12.0 Å². The molecule has 2 aromatic rings. The van der Waals surface area contributed by atoms with Crippen molar-refractivity contribution in [3.63, 3.8) is 0 Å². The van der Waals surface area contributed by atoms with Crippen LogP contribution in [0.25, 0.3) is 0 Å². The van der Waals surface area contributed by atoms with Gasteiger partial charge in [0.25, 0.3) is 5.91 Å². The summed E-state index contributed by atoms with van der Waals surface area (Å²) in [5.74, 6) is 1.22. The van der Waals surface area contributed by atoms with Crippen molar-refractivity contribution in [3.05, 3.63) is 42.0 Å². The molecule has 0 aromatic carbocycles. The summed E-state index contributed by atoms with van der Waals surface area (Å²) < 4.78 is 5.90. The number of carbonyl (C=O) groups excluding carboxylic acids is 1. The van der Waals surface area contributed by atoms with Crippen LogP contribution in [-0.4, -0.2) is 59.0 Å². The molecule has 7 heteroatoms. The molecule has 0 bridgehead atoms. The Morgan fingerprint density at radius 2 is 2.21 bits per heavy atom. The van der Waals surface area contributed by atoms with E-state index in [0.717, 1.165) is 17.9 Å². The number of amides is 1. The molecular weight excluding hydrogens is 306 g/mol. The molecule has 3 heterocycles. The Balaban J connectivity index is 1.64. The molecule has 1 aliphatic heterocycles. The maximum atomic E-state index is 12.6. The van der Waals surface area contributed by atoms with Gasteiger partial charge in [-0.1, -0.05) is 0 Å². The van der Waals surface area contributed by atoms with E-state index >= 15 is 0 Å². The molecule has 0 N–H and O–H groups in total. The molecule has 1 atom stereocenters. The molecule has 2 aromatic heterocycles. The Kier molecular flexibility index (Phi) is 4.59. The monoisotopic (exact) mass is 327 g/mol. The zero-order valence-corrected chi connectivity index (χ0v) is 14.1. The maximum Gasteiger partial charge on any atom is 0.255 e. The number of likely N-dealkylation sites (tertiary alicyclic amines) is 1. The van der Waals surface area contributed by atoms with Gasteiger partial charge in [-0.05, 0) is 19.1 Å². The van der Waals surface area contributed by atoms with Gasteiger partial charge in [-0.3, -0.25) is 14.8 Å². The number of aryl methyl sites for hydroxylation is 1. The van der Waals surface area contributed by atoms with Gasteiger partial charge in [0.05, 0.1) is 24.5 Å². The number of anilines is 1. The van der Waals surface area contributed by atoms with Crippen molar-refractivity contribution >= 4 is 11.7 Å². The second-order valence-electron chi connectivity index (χ2n) is 6.03. The number of hydrogen-bond acceptors (Lipinski definition) is 6. The van der Waals surface area contributed by atoms with Gasteiger partial charge in [0, 0.05) is 39.0 Å². The topological polar surface area (TPSA) is 71.5 Å². The third kappa shape index (κ3) is 3.45. The summed E-state index contributed by atoms with van der Waals surface area (Å²) in [4.78, 5) is 29.0. The van der Waals surface area contributed by atoms with Gasteiger partial charge < -0.3 is 14.5 Å². The third-order valence-corrected chi connectivity index (χ3v) is 4.01. The Bertz CT molecular complexity index is 734. The molecule has 24 heavy (non-hydrogen) atoms. The summed E-state index contributed by atoms with van der Waals surface area (Å²) >= 11 is 0. The Hall–Kier alpha value is -2.70. The lowest BCUT2D eigenvalue weighted by molar-refractivity contribution is 0.0770. The number of rotatable bonds is 4. The van der Waals surface area contributed by atoms with Crippen LogP contribution in [-0.2, 0) is 0 Å². The second-order valence-corrected chi connectivity index (χ2v) is 6.03. The molecule has 1 unspecified atom stereocenters. The standard InChI is InChI=1S/C17H21N5O2/c1-12-14(5-4-7-19-12)17(23)22-8-6-13(11-22)24-16-10-18-9-15(20-16)21(2)3/h4-5,7,9-10,13H,6,8,11H2,1-3H3. The lowest BCUT2D eigenvalue weighted by atomic mass is 10.2. The van der Waals surface area contributed by atoms with Crippen LogP contribution in [0.1, 0.15) is 22.5 Å². The third-order valence-electron chi connectivity index (χ3n) is 4.01. The van der Waals surface area contributed by atoms with Crippen LogP contribution in [0.4, 0.5) is 5.82 Å². The van der Waals surface area contributed by atoms with Crippen LogP contribution in [0.15, 0.2) is 30.7 Å². The summed E-state index contributed by atoms with van der Waals surface area (Å²) in [6.45, 7) is 3.05. The van der Waals surface area contributed by atoms with Crippen molar-refractivity contribution in [2.24, 2.45) is 0 Å². The summed E-state index contributed by atoms with van der Waals surface area (Å²) in [6, 6.07) is 3.59. The molecule has 0 saturated carbocycles. The van der Waals surface area contributed by atoms with Gasteiger partial charge in [0.2, 0.25) is 5.88 Å². The van der Waals surface area contributed by atoms with Crippen LogP contribution in [0.3, 0.4) is 0 Å². The lowest BCUT2D eigenvalue weighted by Gasteiger charge is -2.18. The zero-order valence-electron chi connectivity index (χ0n) is 14.1. The molecule has 126 valence electrons. The average Bonchev–Trinajstić information content (AvgIpc) is 3.03. The van der Waals surface area contributed by atoms with Crippen LogP contribution in [0.2, 0.25) is 0 Å². The summed E-state index contributed by atoms with van der Waals surface area (Å²) in [6.07, 6.45) is 5.68. The second kappa shape index (κ2) is 6.82. The smallest absolute Gasteiger partial charge is 0.255 e. The molecule has 7 nitrogen and oxygen atoms in total. The Morgan fingerprint density at radius 1 is 1.38 bits per heavy atom. The van der Waals surface area contributed by atoms with E-state index in [9.17, 15) is 4.79 Å². The molecule has 1 fully saturated rings. The van der Waals surface area contributed by atoms with Crippen LogP contribution >= 0.6 is 0 Å². The van der Waals surface area contributed by atoms with Crippen LogP contribution in [0, 0.1) is 6.92 Å². The van der Waals surface area contributed by atoms with E-state index in [4.69, 9.17) is 4.74 Å². The quantitative estimate of drug-likeness (QED) is 0.848. The molecular formula is C17H21N5O2. The SMILES string of the molecule is Cc1ncccc1C(=O)N1CCC(Oc2cncc(N(C)C)n2)C1. The van der Waals surface area contributed by atoms with Gasteiger partial charge >= 0.3 is 0 Å². The van der Waals surface area contributed by atoms with Crippen molar-refractivity contribution in [1.82, 2.24) is 19.9 Å². The highest BCUT2D eigenvalue weighted by Gasteiger charge is 2.29. The fourth-order valence-electron chi connectivity index (χ4n) is 2.67. The van der Waals surface area contributed by atoms with Gasteiger partial charge in [-0.15, -0.1) is 0 Å². The number of carbonyl (C=O) groups is 1. The van der Waals surface area contributed by atoms with E-state index in [1.54, 1.807) is 29.6 Å². The van der Waals surface area contributed by atoms with Gasteiger partial charge in [0.1, 0.15) is 6.10 Å². The first-order valence-corrected chi connectivity index (χ1v) is 7.91. The predicted molar refractivity (Wildman–Crippen MR) is 90.3 cm³/mol.